The molecular formula is C15H19BrFNO2. The van der Waals surface area contributed by atoms with E-state index in [2.05, 4.69) is 22.9 Å². The molecule has 1 aromatic carbocycles. The van der Waals surface area contributed by atoms with Crippen molar-refractivity contribution in [2.75, 3.05) is 20.3 Å². The summed E-state index contributed by atoms with van der Waals surface area (Å²) in [5, 5.41) is 0. The van der Waals surface area contributed by atoms with Gasteiger partial charge in [0.15, 0.2) is 0 Å². The van der Waals surface area contributed by atoms with Gasteiger partial charge in [0, 0.05) is 25.3 Å². The third-order valence-corrected chi connectivity index (χ3v) is 4.37. The third-order valence-electron chi connectivity index (χ3n) is 3.76. The normalized spacial score (nSPS) is 16.0. The van der Waals surface area contributed by atoms with E-state index in [0.29, 0.717) is 29.1 Å². The number of nitrogens with zero attached hydrogens (tertiary/aromatic N) is 1. The molecule has 1 amide bonds. The van der Waals surface area contributed by atoms with E-state index in [9.17, 15) is 9.18 Å². The highest BCUT2D eigenvalue weighted by molar-refractivity contribution is 9.10. The minimum atomic E-state index is -0.361. The van der Waals surface area contributed by atoms with Crippen molar-refractivity contribution < 1.29 is 13.9 Å². The van der Waals surface area contributed by atoms with Crippen molar-refractivity contribution in [2.45, 2.75) is 25.8 Å². The van der Waals surface area contributed by atoms with Crippen molar-refractivity contribution in [1.82, 2.24) is 4.90 Å². The fraction of sp³-hybridized carbons (Fsp3) is 0.533. The number of hydrogen-bond acceptors (Lipinski definition) is 2. The molecule has 0 saturated heterocycles. The van der Waals surface area contributed by atoms with Crippen molar-refractivity contribution >= 4 is 21.8 Å². The summed E-state index contributed by atoms with van der Waals surface area (Å²) in [5.74, 6) is 0.155. The second-order valence-electron chi connectivity index (χ2n) is 5.20. The van der Waals surface area contributed by atoms with E-state index in [0.717, 1.165) is 0 Å². The zero-order valence-corrected chi connectivity index (χ0v) is 13.3. The molecule has 20 heavy (non-hydrogen) atoms. The van der Waals surface area contributed by atoms with Crippen LogP contribution in [0.5, 0.6) is 0 Å². The summed E-state index contributed by atoms with van der Waals surface area (Å²) in [7, 11) is 1.62. The molecule has 110 valence electrons. The van der Waals surface area contributed by atoms with Gasteiger partial charge in [0.2, 0.25) is 0 Å². The molecular weight excluding hydrogens is 325 g/mol. The van der Waals surface area contributed by atoms with E-state index >= 15 is 0 Å². The van der Waals surface area contributed by atoms with Crippen LogP contribution in [0.1, 0.15) is 30.1 Å². The summed E-state index contributed by atoms with van der Waals surface area (Å²) in [6.45, 7) is 3.14. The van der Waals surface area contributed by atoms with Crippen molar-refractivity contribution in [2.24, 2.45) is 5.92 Å². The third kappa shape index (κ3) is 3.58. The molecule has 0 bridgehead atoms. The maximum atomic E-state index is 13.3. The van der Waals surface area contributed by atoms with Crippen molar-refractivity contribution in [3.63, 3.8) is 0 Å². The number of hydrogen-bond donors (Lipinski definition) is 0. The van der Waals surface area contributed by atoms with Crippen LogP contribution in [-0.2, 0) is 4.74 Å². The van der Waals surface area contributed by atoms with Gasteiger partial charge in [0.05, 0.1) is 11.1 Å². The van der Waals surface area contributed by atoms with E-state index in [1.54, 1.807) is 7.11 Å². The fourth-order valence-electron chi connectivity index (χ4n) is 2.31. The zero-order chi connectivity index (χ0) is 14.7. The van der Waals surface area contributed by atoms with Gasteiger partial charge in [-0.25, -0.2) is 4.39 Å². The van der Waals surface area contributed by atoms with Gasteiger partial charge in [-0.05, 0) is 59.8 Å². The lowest BCUT2D eigenvalue weighted by Crippen LogP contribution is -2.42. The van der Waals surface area contributed by atoms with Gasteiger partial charge in [-0.2, -0.15) is 0 Å². The van der Waals surface area contributed by atoms with E-state index in [1.807, 2.05) is 4.90 Å². The highest BCUT2D eigenvalue weighted by atomic mass is 79.9. The Kier molecular flexibility index (Phi) is 5.16. The number of methoxy groups -OCH3 is 1. The smallest absolute Gasteiger partial charge is 0.254 e. The summed E-state index contributed by atoms with van der Waals surface area (Å²) in [5.41, 5.74) is 0.502. The molecule has 1 atom stereocenters. The Labute approximate surface area is 127 Å². The Morgan fingerprint density at radius 2 is 2.25 bits per heavy atom. The van der Waals surface area contributed by atoms with Gasteiger partial charge < -0.3 is 9.64 Å². The minimum absolute atomic E-state index is 0.0675. The van der Waals surface area contributed by atoms with Crippen LogP contribution in [0.4, 0.5) is 4.39 Å². The number of carbonyl (C=O) groups is 1. The maximum absolute atomic E-state index is 13.3. The molecule has 1 aliphatic carbocycles. The van der Waals surface area contributed by atoms with Crippen LogP contribution in [0.2, 0.25) is 0 Å². The lowest BCUT2D eigenvalue weighted by atomic mass is 10.1. The SMILES string of the molecule is COCCN(C(=O)c1ccc(F)c(Br)c1)C(C)C1CC1. The quantitative estimate of drug-likeness (QED) is 0.791. The van der Waals surface area contributed by atoms with Crippen molar-refractivity contribution in [3.05, 3.63) is 34.1 Å². The standard InChI is InChI=1S/C15H19BrFNO2/c1-10(11-3-4-11)18(7-8-20-2)15(19)12-5-6-14(17)13(16)9-12/h5-6,9-11H,3-4,7-8H2,1-2H3. The number of carbonyl (C=O) groups excluding carboxylic acids is 1. The van der Waals surface area contributed by atoms with Crippen LogP contribution < -0.4 is 0 Å². The topological polar surface area (TPSA) is 29.5 Å². The van der Waals surface area contributed by atoms with Gasteiger partial charge in [-0.3, -0.25) is 4.79 Å². The molecule has 0 radical (unpaired) electrons. The molecule has 0 heterocycles. The van der Waals surface area contributed by atoms with E-state index < -0.39 is 0 Å². The number of halogens is 2. The second-order valence-corrected chi connectivity index (χ2v) is 6.05. The molecule has 5 heteroatoms. The molecule has 0 spiro atoms. The van der Waals surface area contributed by atoms with Gasteiger partial charge in [0.25, 0.3) is 5.91 Å². The minimum Gasteiger partial charge on any atom is -0.383 e. The molecule has 3 nitrogen and oxygen atoms in total. The predicted octanol–water partition coefficient (Wildman–Crippen LogP) is 3.48. The molecule has 1 aromatic rings. The first kappa shape index (κ1) is 15.4. The first-order valence-corrected chi connectivity index (χ1v) is 7.59. The molecule has 1 saturated carbocycles. The highest BCUT2D eigenvalue weighted by Crippen LogP contribution is 2.35. The van der Waals surface area contributed by atoms with E-state index in [-0.39, 0.29) is 17.8 Å². The summed E-state index contributed by atoms with van der Waals surface area (Å²) >= 11 is 3.12. The van der Waals surface area contributed by atoms with E-state index in [1.165, 1.54) is 31.0 Å². The Balaban J connectivity index is 2.17. The highest BCUT2D eigenvalue weighted by Gasteiger charge is 2.34. The van der Waals surface area contributed by atoms with Crippen molar-refractivity contribution in [1.29, 1.82) is 0 Å². The first-order chi connectivity index (χ1) is 9.54. The van der Waals surface area contributed by atoms with Crippen LogP contribution in [-0.4, -0.2) is 37.1 Å². The average Bonchev–Trinajstić information content (AvgIpc) is 3.26. The fourth-order valence-corrected chi connectivity index (χ4v) is 2.69. The van der Waals surface area contributed by atoms with Gasteiger partial charge in [-0.15, -0.1) is 0 Å². The monoisotopic (exact) mass is 343 g/mol. The maximum Gasteiger partial charge on any atom is 0.254 e. The van der Waals surface area contributed by atoms with Crippen LogP contribution in [0.3, 0.4) is 0 Å². The Hall–Kier alpha value is -0.940. The van der Waals surface area contributed by atoms with Crippen molar-refractivity contribution in [3.8, 4) is 0 Å². The molecule has 1 unspecified atom stereocenters. The largest absolute Gasteiger partial charge is 0.383 e. The summed E-state index contributed by atoms with van der Waals surface area (Å²) in [6.07, 6.45) is 2.34. The average molecular weight is 344 g/mol. The number of benzene rings is 1. The van der Waals surface area contributed by atoms with E-state index in [4.69, 9.17) is 4.74 Å². The number of amides is 1. The molecule has 0 aromatic heterocycles. The zero-order valence-electron chi connectivity index (χ0n) is 11.7. The molecule has 0 N–H and O–H groups in total. The molecule has 0 aliphatic heterocycles. The molecule has 1 aliphatic rings. The number of rotatable bonds is 6. The van der Waals surface area contributed by atoms with Crippen LogP contribution >= 0.6 is 15.9 Å². The number of ether oxygens (including phenoxy) is 1. The Morgan fingerprint density at radius 1 is 1.55 bits per heavy atom. The first-order valence-electron chi connectivity index (χ1n) is 6.79. The molecule has 1 fully saturated rings. The summed E-state index contributed by atoms with van der Waals surface area (Å²) in [6, 6.07) is 4.58. The van der Waals surface area contributed by atoms with Gasteiger partial charge >= 0.3 is 0 Å². The lowest BCUT2D eigenvalue weighted by Gasteiger charge is -2.29. The Morgan fingerprint density at radius 3 is 2.80 bits per heavy atom. The predicted molar refractivity (Wildman–Crippen MR) is 79.2 cm³/mol. The summed E-state index contributed by atoms with van der Waals surface area (Å²) < 4.78 is 18.7. The lowest BCUT2D eigenvalue weighted by molar-refractivity contribution is 0.0594. The van der Waals surface area contributed by atoms with Gasteiger partial charge in [-0.1, -0.05) is 0 Å². The second kappa shape index (κ2) is 6.68. The summed E-state index contributed by atoms with van der Waals surface area (Å²) in [4.78, 5) is 14.4. The van der Waals surface area contributed by atoms with Crippen LogP contribution in [0, 0.1) is 11.7 Å². The Bertz CT molecular complexity index is 491. The van der Waals surface area contributed by atoms with Gasteiger partial charge in [0.1, 0.15) is 5.82 Å². The molecule has 2 rings (SSSR count). The van der Waals surface area contributed by atoms with Crippen LogP contribution in [0.25, 0.3) is 0 Å². The van der Waals surface area contributed by atoms with Crippen LogP contribution in [0.15, 0.2) is 22.7 Å².